The van der Waals surface area contributed by atoms with Gasteiger partial charge in [0.2, 0.25) is 10.0 Å². The summed E-state index contributed by atoms with van der Waals surface area (Å²) >= 11 is 0. The molecular formula is C19H23FN4O2S. The molecule has 144 valence electrons. The van der Waals surface area contributed by atoms with Crippen molar-refractivity contribution < 1.29 is 12.8 Å². The molecule has 2 N–H and O–H groups in total. The van der Waals surface area contributed by atoms with Crippen molar-refractivity contribution in [3.63, 3.8) is 0 Å². The summed E-state index contributed by atoms with van der Waals surface area (Å²) in [6, 6.07) is 8.11. The number of halogens is 1. The van der Waals surface area contributed by atoms with Crippen molar-refractivity contribution in [2.45, 2.75) is 56.7 Å². The number of aromatic nitrogens is 2. The van der Waals surface area contributed by atoms with Gasteiger partial charge >= 0.3 is 0 Å². The van der Waals surface area contributed by atoms with Crippen LogP contribution in [-0.4, -0.2) is 29.9 Å². The number of rotatable bonds is 5. The molecule has 1 aromatic heterocycles. The zero-order chi connectivity index (χ0) is 19.6. The normalized spacial score (nSPS) is 20.6. The van der Waals surface area contributed by atoms with Gasteiger partial charge in [-0.25, -0.2) is 17.5 Å². The van der Waals surface area contributed by atoms with Crippen LogP contribution in [0.2, 0.25) is 0 Å². The fourth-order valence-electron chi connectivity index (χ4n) is 3.35. The van der Waals surface area contributed by atoms with Crippen LogP contribution >= 0.6 is 0 Å². The van der Waals surface area contributed by atoms with Crippen molar-refractivity contribution in [1.29, 1.82) is 5.26 Å². The molecule has 0 saturated heterocycles. The summed E-state index contributed by atoms with van der Waals surface area (Å²) in [7, 11) is -3.25. The summed E-state index contributed by atoms with van der Waals surface area (Å²) in [5, 5.41) is 15.9. The van der Waals surface area contributed by atoms with Gasteiger partial charge in [-0.2, -0.15) is 10.4 Å². The monoisotopic (exact) mass is 390 g/mol. The van der Waals surface area contributed by atoms with Crippen LogP contribution in [0.4, 0.5) is 4.39 Å². The first kappa shape index (κ1) is 19.5. The third-order valence-electron chi connectivity index (χ3n) is 5.10. The second kappa shape index (κ2) is 7.79. The van der Waals surface area contributed by atoms with Crippen LogP contribution in [0.15, 0.2) is 24.3 Å². The highest BCUT2D eigenvalue weighted by Gasteiger charge is 2.28. The first-order valence-corrected chi connectivity index (χ1v) is 10.6. The summed E-state index contributed by atoms with van der Waals surface area (Å²) < 4.78 is 40.3. The number of aromatic amines is 1. The van der Waals surface area contributed by atoms with E-state index in [1.165, 1.54) is 12.1 Å². The highest BCUT2D eigenvalue weighted by Crippen LogP contribution is 2.34. The van der Waals surface area contributed by atoms with E-state index in [-0.39, 0.29) is 17.5 Å². The molecule has 0 amide bonds. The van der Waals surface area contributed by atoms with E-state index in [4.69, 9.17) is 5.26 Å². The first-order chi connectivity index (χ1) is 12.8. The van der Waals surface area contributed by atoms with Crippen molar-refractivity contribution in [3.8, 4) is 17.3 Å². The number of hydrogen-bond donors (Lipinski definition) is 2. The molecule has 2 aromatic rings. The Balaban J connectivity index is 1.66. The van der Waals surface area contributed by atoms with Gasteiger partial charge in [-0.05, 0) is 63.8 Å². The Kier molecular flexibility index (Phi) is 5.63. The second-order valence-corrected chi connectivity index (χ2v) is 9.54. The molecule has 0 unspecified atom stereocenters. The van der Waals surface area contributed by atoms with Gasteiger partial charge in [-0.1, -0.05) is 0 Å². The molecule has 8 heteroatoms. The quantitative estimate of drug-likeness (QED) is 0.817. The van der Waals surface area contributed by atoms with Gasteiger partial charge in [-0.15, -0.1) is 0 Å². The maximum Gasteiger partial charge on any atom is 0.214 e. The van der Waals surface area contributed by atoms with Crippen LogP contribution < -0.4 is 4.72 Å². The van der Waals surface area contributed by atoms with Crippen LogP contribution in [0, 0.1) is 17.1 Å². The van der Waals surface area contributed by atoms with E-state index in [9.17, 15) is 12.8 Å². The Labute approximate surface area is 158 Å². The zero-order valence-electron chi connectivity index (χ0n) is 15.4. The largest absolute Gasteiger partial charge is 0.282 e. The average molecular weight is 390 g/mol. The summed E-state index contributed by atoms with van der Waals surface area (Å²) in [5.74, 6) is -0.263. The maximum absolute atomic E-state index is 13.5. The van der Waals surface area contributed by atoms with Crippen molar-refractivity contribution in [3.05, 3.63) is 41.3 Å². The van der Waals surface area contributed by atoms with E-state index in [2.05, 4.69) is 14.9 Å². The number of nitrogens with zero attached hydrogens (tertiary/aromatic N) is 2. The molecule has 1 aliphatic rings. The maximum atomic E-state index is 13.5. The molecule has 1 heterocycles. The van der Waals surface area contributed by atoms with Crippen LogP contribution in [0.1, 0.15) is 56.7 Å². The van der Waals surface area contributed by atoms with Gasteiger partial charge in [0.1, 0.15) is 11.9 Å². The van der Waals surface area contributed by atoms with E-state index in [0.717, 1.165) is 31.4 Å². The SMILES string of the molecule is CC(C)S(=O)(=O)NC1CCC(c2cc(-c3ccc(F)c(C#N)c3)n[nH]2)CC1. The minimum absolute atomic E-state index is 0.00463. The number of nitrogens with one attached hydrogen (secondary N) is 2. The van der Waals surface area contributed by atoms with Gasteiger partial charge in [0.25, 0.3) is 0 Å². The van der Waals surface area contributed by atoms with Crippen LogP contribution in [0.5, 0.6) is 0 Å². The minimum atomic E-state index is -3.25. The molecule has 0 radical (unpaired) electrons. The van der Waals surface area contributed by atoms with Crippen LogP contribution in [0.3, 0.4) is 0 Å². The Morgan fingerprint density at radius 2 is 1.96 bits per heavy atom. The van der Waals surface area contributed by atoms with Crippen molar-refractivity contribution in [2.24, 2.45) is 0 Å². The lowest BCUT2D eigenvalue weighted by Crippen LogP contribution is -2.40. The second-order valence-electron chi connectivity index (χ2n) is 7.28. The molecule has 1 fully saturated rings. The summed E-state index contributed by atoms with van der Waals surface area (Å²) in [6.07, 6.45) is 3.28. The van der Waals surface area contributed by atoms with Crippen LogP contribution in [-0.2, 0) is 10.0 Å². The molecule has 0 aliphatic heterocycles. The lowest BCUT2D eigenvalue weighted by Gasteiger charge is -2.28. The van der Waals surface area contributed by atoms with E-state index in [0.29, 0.717) is 11.3 Å². The number of nitriles is 1. The predicted molar refractivity (Wildman–Crippen MR) is 101 cm³/mol. The smallest absolute Gasteiger partial charge is 0.214 e. The fraction of sp³-hybridized carbons (Fsp3) is 0.474. The number of H-pyrrole nitrogens is 1. The molecular weight excluding hydrogens is 367 g/mol. The van der Waals surface area contributed by atoms with Gasteiger partial charge in [-0.3, -0.25) is 5.10 Å². The lowest BCUT2D eigenvalue weighted by atomic mass is 9.84. The Hall–Kier alpha value is -2.24. The molecule has 1 aliphatic carbocycles. The van der Waals surface area contributed by atoms with Crippen molar-refractivity contribution >= 4 is 10.0 Å². The molecule has 1 saturated carbocycles. The first-order valence-electron chi connectivity index (χ1n) is 9.06. The van der Waals surface area contributed by atoms with Crippen molar-refractivity contribution in [1.82, 2.24) is 14.9 Å². The molecule has 3 rings (SSSR count). The standard InChI is InChI=1S/C19H23FN4O2S/c1-12(2)27(25,26)24-16-6-3-13(4-7-16)18-10-19(23-22-18)14-5-8-17(20)15(9-14)11-21/h5,8-10,12-13,16,24H,3-4,6-7H2,1-2H3,(H,22,23). The van der Waals surface area contributed by atoms with E-state index >= 15 is 0 Å². The summed E-state index contributed by atoms with van der Waals surface area (Å²) in [4.78, 5) is 0. The highest BCUT2D eigenvalue weighted by atomic mass is 32.2. The predicted octanol–water partition coefficient (Wildman–Crippen LogP) is 3.44. The van der Waals surface area contributed by atoms with E-state index in [1.54, 1.807) is 19.9 Å². The van der Waals surface area contributed by atoms with E-state index < -0.39 is 21.1 Å². The summed E-state index contributed by atoms with van der Waals surface area (Å²) in [6.45, 7) is 3.35. The minimum Gasteiger partial charge on any atom is -0.282 e. The molecule has 0 bridgehead atoms. The molecule has 27 heavy (non-hydrogen) atoms. The Morgan fingerprint density at radius 3 is 2.59 bits per heavy atom. The Bertz CT molecular complexity index is 954. The van der Waals surface area contributed by atoms with Gasteiger partial charge < -0.3 is 0 Å². The van der Waals surface area contributed by atoms with Crippen LogP contribution in [0.25, 0.3) is 11.3 Å². The number of sulfonamides is 1. The third-order valence-corrected chi connectivity index (χ3v) is 7.00. The molecule has 0 spiro atoms. The molecule has 6 nitrogen and oxygen atoms in total. The zero-order valence-corrected chi connectivity index (χ0v) is 16.2. The Morgan fingerprint density at radius 1 is 1.26 bits per heavy atom. The van der Waals surface area contributed by atoms with E-state index in [1.807, 2.05) is 12.1 Å². The summed E-state index contributed by atoms with van der Waals surface area (Å²) in [5.41, 5.74) is 2.34. The third kappa shape index (κ3) is 4.37. The van der Waals surface area contributed by atoms with Crippen molar-refractivity contribution in [2.75, 3.05) is 0 Å². The average Bonchev–Trinajstić information content (AvgIpc) is 3.12. The molecule has 0 atom stereocenters. The number of benzene rings is 1. The topological polar surface area (TPSA) is 98.6 Å². The lowest BCUT2D eigenvalue weighted by molar-refractivity contribution is 0.369. The van der Waals surface area contributed by atoms with Gasteiger partial charge in [0.05, 0.1) is 16.5 Å². The fourth-order valence-corrected chi connectivity index (χ4v) is 4.33. The van der Waals surface area contributed by atoms with Gasteiger partial charge in [0.15, 0.2) is 0 Å². The molecule has 1 aromatic carbocycles. The number of hydrogen-bond acceptors (Lipinski definition) is 4. The van der Waals surface area contributed by atoms with Gasteiger partial charge in [0, 0.05) is 23.2 Å². The highest BCUT2D eigenvalue weighted by molar-refractivity contribution is 7.90.